The van der Waals surface area contributed by atoms with Crippen LogP contribution in [0.1, 0.15) is 6.92 Å². The molecule has 4 heteroatoms. The van der Waals surface area contributed by atoms with E-state index < -0.39 is 0 Å². The van der Waals surface area contributed by atoms with Crippen LogP contribution in [0.2, 0.25) is 0 Å². The minimum Gasteiger partial charge on any atom is -0.504 e. The van der Waals surface area contributed by atoms with E-state index in [4.69, 9.17) is 5.11 Å². The van der Waals surface area contributed by atoms with Gasteiger partial charge in [0, 0.05) is 6.54 Å². The number of rotatable bonds is 1. The van der Waals surface area contributed by atoms with Gasteiger partial charge in [0.15, 0.2) is 5.75 Å². The van der Waals surface area contributed by atoms with Gasteiger partial charge in [0.25, 0.3) is 0 Å². The van der Waals surface area contributed by atoms with Crippen molar-refractivity contribution in [3.05, 3.63) is 10.8 Å². The molecule has 0 amide bonds. The van der Waals surface area contributed by atoms with Gasteiger partial charge in [-0.2, -0.15) is 5.10 Å². The minimum absolute atomic E-state index is 0.192. The fraction of sp³-hybridized carbons (Fsp3) is 0.400. The average Bonchev–Trinajstić information content (AvgIpc) is 2.15. The summed E-state index contributed by atoms with van der Waals surface area (Å²) in [6.07, 6.45) is 1.41. The largest absolute Gasteiger partial charge is 0.504 e. The molecule has 0 aliphatic carbocycles. The van der Waals surface area contributed by atoms with Gasteiger partial charge in [0.2, 0.25) is 0 Å². The lowest BCUT2D eigenvalue weighted by Crippen LogP contribution is -1.94. The lowest BCUT2D eigenvalue weighted by molar-refractivity contribution is 0.469. The van der Waals surface area contributed by atoms with E-state index in [1.807, 2.05) is 6.92 Å². The molecule has 0 aliphatic rings. The maximum absolute atomic E-state index is 8.94. The average molecular weight is 191 g/mol. The van der Waals surface area contributed by atoms with E-state index in [-0.39, 0.29) is 5.75 Å². The van der Waals surface area contributed by atoms with E-state index in [1.54, 1.807) is 4.68 Å². The Morgan fingerprint density at radius 1 is 1.89 bits per heavy atom. The molecule has 50 valence electrons. The van der Waals surface area contributed by atoms with Gasteiger partial charge in [-0.3, -0.25) is 4.68 Å². The smallest absolute Gasteiger partial charge is 0.168 e. The van der Waals surface area contributed by atoms with Crippen molar-refractivity contribution >= 4 is 15.9 Å². The molecule has 0 unspecified atom stereocenters. The normalized spacial score (nSPS) is 10.0. The monoisotopic (exact) mass is 190 g/mol. The molecule has 0 spiro atoms. The highest BCUT2D eigenvalue weighted by Crippen LogP contribution is 2.21. The molecular weight excluding hydrogens is 184 g/mol. The first-order chi connectivity index (χ1) is 4.25. The van der Waals surface area contributed by atoms with Crippen LogP contribution in [0.3, 0.4) is 0 Å². The van der Waals surface area contributed by atoms with Gasteiger partial charge < -0.3 is 5.11 Å². The maximum atomic E-state index is 8.94. The SMILES string of the molecule is CCn1ncc(O)c1Br. The van der Waals surface area contributed by atoms with Gasteiger partial charge in [-0.1, -0.05) is 0 Å². The van der Waals surface area contributed by atoms with E-state index in [0.29, 0.717) is 4.60 Å². The summed E-state index contributed by atoms with van der Waals surface area (Å²) in [6.45, 7) is 2.72. The van der Waals surface area contributed by atoms with Crippen LogP contribution in [0.15, 0.2) is 10.8 Å². The highest BCUT2D eigenvalue weighted by Gasteiger charge is 2.02. The first kappa shape index (κ1) is 6.61. The minimum atomic E-state index is 0.192. The fourth-order valence-corrected chi connectivity index (χ4v) is 1.03. The molecule has 0 saturated carbocycles. The fourth-order valence-electron chi connectivity index (χ4n) is 0.581. The molecule has 3 nitrogen and oxygen atoms in total. The van der Waals surface area contributed by atoms with Gasteiger partial charge in [0.05, 0.1) is 6.20 Å². The molecule has 1 aromatic rings. The van der Waals surface area contributed by atoms with Crippen LogP contribution in [0, 0.1) is 0 Å². The predicted molar refractivity (Wildman–Crippen MR) is 37.3 cm³/mol. The second kappa shape index (κ2) is 2.39. The molecule has 0 saturated heterocycles. The Hall–Kier alpha value is -0.510. The van der Waals surface area contributed by atoms with E-state index in [9.17, 15) is 0 Å². The van der Waals surface area contributed by atoms with E-state index >= 15 is 0 Å². The van der Waals surface area contributed by atoms with Gasteiger partial charge in [-0.05, 0) is 22.9 Å². The summed E-state index contributed by atoms with van der Waals surface area (Å²) >= 11 is 3.16. The summed E-state index contributed by atoms with van der Waals surface area (Å²) in [5.41, 5.74) is 0. The topological polar surface area (TPSA) is 38.0 Å². The molecule has 0 aromatic carbocycles. The summed E-state index contributed by atoms with van der Waals surface area (Å²) in [7, 11) is 0. The zero-order valence-corrected chi connectivity index (χ0v) is 6.59. The van der Waals surface area contributed by atoms with E-state index in [1.165, 1.54) is 6.20 Å². The third-order valence-corrected chi connectivity index (χ3v) is 1.87. The van der Waals surface area contributed by atoms with Crippen LogP contribution in [0.5, 0.6) is 5.75 Å². The Morgan fingerprint density at radius 2 is 2.56 bits per heavy atom. The Kier molecular flexibility index (Phi) is 1.75. The van der Waals surface area contributed by atoms with Crippen LogP contribution < -0.4 is 0 Å². The summed E-state index contributed by atoms with van der Waals surface area (Å²) in [6, 6.07) is 0. The number of halogens is 1. The molecule has 9 heavy (non-hydrogen) atoms. The van der Waals surface area contributed by atoms with Crippen molar-refractivity contribution in [1.29, 1.82) is 0 Å². The molecule has 1 N–H and O–H groups in total. The Bertz CT molecular complexity index is 209. The van der Waals surface area contributed by atoms with Crippen LogP contribution in [0.25, 0.3) is 0 Å². The molecule has 0 atom stereocenters. The molecule has 1 rings (SSSR count). The number of aromatic nitrogens is 2. The molecule has 0 radical (unpaired) electrons. The van der Waals surface area contributed by atoms with Crippen molar-refractivity contribution in [2.75, 3.05) is 0 Å². The molecule has 1 heterocycles. The summed E-state index contributed by atoms with van der Waals surface area (Å²) in [5.74, 6) is 0.192. The van der Waals surface area contributed by atoms with Crippen LogP contribution in [0.4, 0.5) is 0 Å². The third-order valence-electron chi connectivity index (χ3n) is 1.06. The summed E-state index contributed by atoms with van der Waals surface area (Å²) in [4.78, 5) is 0. The standard InChI is InChI=1S/C5H7BrN2O/c1-2-8-5(6)4(9)3-7-8/h3,9H,2H2,1H3. The molecule has 1 aromatic heterocycles. The van der Waals surface area contributed by atoms with Crippen molar-refractivity contribution < 1.29 is 5.11 Å². The van der Waals surface area contributed by atoms with Crippen LogP contribution in [-0.2, 0) is 6.54 Å². The zero-order chi connectivity index (χ0) is 6.85. The number of hydrogen-bond acceptors (Lipinski definition) is 2. The highest BCUT2D eigenvalue weighted by molar-refractivity contribution is 9.10. The Morgan fingerprint density at radius 3 is 2.78 bits per heavy atom. The number of hydrogen-bond donors (Lipinski definition) is 1. The Balaban J connectivity index is 3.04. The third kappa shape index (κ3) is 1.08. The lowest BCUT2D eigenvalue weighted by atomic mass is 10.6. The second-order valence-corrected chi connectivity index (χ2v) is 2.39. The molecule has 0 bridgehead atoms. The molecule has 0 fully saturated rings. The van der Waals surface area contributed by atoms with E-state index in [0.717, 1.165) is 6.54 Å². The van der Waals surface area contributed by atoms with Crippen molar-refractivity contribution in [1.82, 2.24) is 9.78 Å². The quantitative estimate of drug-likeness (QED) is 0.727. The van der Waals surface area contributed by atoms with Gasteiger partial charge in [-0.15, -0.1) is 0 Å². The van der Waals surface area contributed by atoms with Crippen molar-refractivity contribution in [2.24, 2.45) is 0 Å². The first-order valence-corrected chi connectivity index (χ1v) is 3.45. The Labute approximate surface area is 61.4 Å². The predicted octanol–water partition coefficient (Wildman–Crippen LogP) is 1.37. The number of aryl methyl sites for hydroxylation is 1. The van der Waals surface area contributed by atoms with Crippen LogP contribution in [-0.4, -0.2) is 14.9 Å². The lowest BCUT2D eigenvalue weighted by Gasteiger charge is -1.94. The highest BCUT2D eigenvalue weighted by atomic mass is 79.9. The summed E-state index contributed by atoms with van der Waals surface area (Å²) < 4.78 is 2.31. The van der Waals surface area contributed by atoms with Crippen molar-refractivity contribution in [2.45, 2.75) is 13.5 Å². The van der Waals surface area contributed by atoms with Crippen molar-refractivity contribution in [3.8, 4) is 5.75 Å². The molecular formula is C5H7BrN2O. The second-order valence-electron chi connectivity index (χ2n) is 1.64. The van der Waals surface area contributed by atoms with Crippen molar-refractivity contribution in [3.63, 3.8) is 0 Å². The molecule has 0 aliphatic heterocycles. The number of nitrogens with zero attached hydrogens (tertiary/aromatic N) is 2. The van der Waals surface area contributed by atoms with E-state index in [2.05, 4.69) is 21.0 Å². The maximum Gasteiger partial charge on any atom is 0.168 e. The van der Waals surface area contributed by atoms with Gasteiger partial charge >= 0.3 is 0 Å². The van der Waals surface area contributed by atoms with Gasteiger partial charge in [-0.25, -0.2) is 0 Å². The number of aromatic hydroxyl groups is 1. The first-order valence-electron chi connectivity index (χ1n) is 2.66. The van der Waals surface area contributed by atoms with Gasteiger partial charge in [0.1, 0.15) is 4.60 Å². The summed E-state index contributed by atoms with van der Waals surface area (Å²) in [5, 5.41) is 12.8. The zero-order valence-electron chi connectivity index (χ0n) is 5.00. The van der Waals surface area contributed by atoms with Crippen LogP contribution >= 0.6 is 15.9 Å².